The van der Waals surface area contributed by atoms with E-state index >= 15 is 0 Å². The largest absolute Gasteiger partial charge is 0.256 e. The molecule has 114 valence electrons. The zero-order valence-electron chi connectivity index (χ0n) is 12.3. The minimum Gasteiger partial charge on any atom is -0.256 e. The van der Waals surface area contributed by atoms with Gasteiger partial charge in [0, 0.05) is 23.5 Å². The van der Waals surface area contributed by atoms with E-state index in [2.05, 4.69) is 9.71 Å². The number of hydrogen-bond donors (Lipinski definition) is 1. The molecule has 0 bridgehead atoms. The van der Waals surface area contributed by atoms with Crippen LogP contribution in [0.25, 0.3) is 10.9 Å². The Kier molecular flexibility index (Phi) is 4.86. The third kappa shape index (κ3) is 3.36. The molecule has 0 aliphatic carbocycles. The number of rotatable bonds is 5. The highest BCUT2D eigenvalue weighted by Gasteiger charge is 2.23. The lowest BCUT2D eigenvalue weighted by molar-refractivity contribution is 0.481. The molecule has 1 heterocycles. The van der Waals surface area contributed by atoms with Crippen molar-refractivity contribution >= 4 is 32.5 Å². The number of hydrogen-bond acceptors (Lipinski definition) is 3. The van der Waals surface area contributed by atoms with Gasteiger partial charge in [-0.15, -0.1) is 11.6 Å². The Morgan fingerprint density at radius 2 is 2.00 bits per heavy atom. The van der Waals surface area contributed by atoms with Crippen LogP contribution in [0.15, 0.2) is 35.4 Å². The van der Waals surface area contributed by atoms with E-state index in [-0.39, 0.29) is 16.9 Å². The van der Waals surface area contributed by atoms with Gasteiger partial charge in [0.2, 0.25) is 10.0 Å². The molecule has 0 saturated carbocycles. The molecule has 0 spiro atoms. The van der Waals surface area contributed by atoms with Gasteiger partial charge in [-0.3, -0.25) is 4.98 Å². The number of alkyl halides is 1. The van der Waals surface area contributed by atoms with Crippen molar-refractivity contribution in [2.75, 3.05) is 5.88 Å². The lowest BCUT2D eigenvalue weighted by Gasteiger charge is -2.19. The van der Waals surface area contributed by atoms with Crippen LogP contribution in [-0.4, -0.2) is 25.3 Å². The predicted octanol–water partition coefficient (Wildman–Crippen LogP) is 3.08. The molecule has 21 heavy (non-hydrogen) atoms. The van der Waals surface area contributed by atoms with Crippen molar-refractivity contribution in [3.63, 3.8) is 0 Å². The number of nitrogens with zero attached hydrogens (tertiary/aromatic N) is 1. The van der Waals surface area contributed by atoms with Gasteiger partial charge >= 0.3 is 0 Å². The third-order valence-electron chi connectivity index (χ3n) is 3.66. The molecule has 2 atom stereocenters. The zero-order valence-corrected chi connectivity index (χ0v) is 13.9. The average Bonchev–Trinajstić information content (AvgIpc) is 2.46. The first-order valence-electron chi connectivity index (χ1n) is 6.79. The molecule has 0 radical (unpaired) electrons. The van der Waals surface area contributed by atoms with Gasteiger partial charge in [-0.1, -0.05) is 13.0 Å². The zero-order chi connectivity index (χ0) is 15.6. The van der Waals surface area contributed by atoms with Crippen LogP contribution in [0.3, 0.4) is 0 Å². The van der Waals surface area contributed by atoms with Gasteiger partial charge in [0.1, 0.15) is 0 Å². The van der Waals surface area contributed by atoms with Gasteiger partial charge in [0.05, 0.1) is 10.4 Å². The number of fused-ring (bicyclic) bond motifs is 1. The second-order valence-electron chi connectivity index (χ2n) is 5.32. The number of halogens is 1. The Bertz CT molecular complexity index is 746. The fourth-order valence-corrected chi connectivity index (χ4v) is 3.90. The van der Waals surface area contributed by atoms with Crippen molar-refractivity contribution in [3.05, 3.63) is 36.0 Å². The molecule has 1 aromatic heterocycles. The Morgan fingerprint density at radius 1 is 1.29 bits per heavy atom. The molecule has 1 aromatic carbocycles. The topological polar surface area (TPSA) is 59.1 Å². The van der Waals surface area contributed by atoms with E-state index in [1.165, 1.54) is 0 Å². The fourth-order valence-electron chi connectivity index (χ4n) is 2.08. The summed E-state index contributed by atoms with van der Waals surface area (Å²) >= 11 is 5.79. The highest BCUT2D eigenvalue weighted by atomic mass is 35.5. The second-order valence-corrected chi connectivity index (χ2v) is 7.31. The van der Waals surface area contributed by atoms with Gasteiger partial charge in [-0.25, -0.2) is 13.1 Å². The molecular weight excluding hydrogens is 308 g/mol. The molecule has 4 nitrogen and oxygen atoms in total. The molecule has 2 aromatic rings. The molecule has 1 N–H and O–H groups in total. The molecule has 0 fully saturated rings. The number of aromatic nitrogens is 1. The van der Waals surface area contributed by atoms with E-state index in [9.17, 15) is 8.42 Å². The molecule has 6 heteroatoms. The van der Waals surface area contributed by atoms with Crippen molar-refractivity contribution in [3.8, 4) is 0 Å². The molecular formula is C15H19ClN2O2S. The average molecular weight is 327 g/mol. The summed E-state index contributed by atoms with van der Waals surface area (Å²) in [5.41, 5.74) is 1.66. The maximum Gasteiger partial charge on any atom is 0.241 e. The molecule has 0 aliphatic rings. The highest BCUT2D eigenvalue weighted by Crippen LogP contribution is 2.24. The maximum absolute atomic E-state index is 12.6. The summed E-state index contributed by atoms with van der Waals surface area (Å²) in [6.45, 7) is 5.64. The van der Waals surface area contributed by atoms with Crippen molar-refractivity contribution in [2.45, 2.75) is 31.7 Å². The number of benzene rings is 1. The smallest absolute Gasteiger partial charge is 0.241 e. The summed E-state index contributed by atoms with van der Waals surface area (Å²) in [5.74, 6) is 0.455. The first kappa shape index (κ1) is 16.2. The quantitative estimate of drug-likeness (QED) is 0.859. The van der Waals surface area contributed by atoms with Crippen LogP contribution in [0.4, 0.5) is 0 Å². The SMILES string of the molecule is Cc1ccc(S(=O)(=O)NC(C)C(C)CCl)c2cccnc12. The Morgan fingerprint density at radius 3 is 2.67 bits per heavy atom. The summed E-state index contributed by atoms with van der Waals surface area (Å²) in [6.07, 6.45) is 1.66. The third-order valence-corrected chi connectivity index (χ3v) is 5.76. The Labute approximate surface area is 130 Å². The van der Waals surface area contributed by atoms with Crippen LogP contribution in [0.5, 0.6) is 0 Å². The van der Waals surface area contributed by atoms with Gasteiger partial charge < -0.3 is 0 Å². The maximum atomic E-state index is 12.6. The van der Waals surface area contributed by atoms with Crippen LogP contribution < -0.4 is 4.72 Å². The summed E-state index contributed by atoms with van der Waals surface area (Å²) in [5, 5.41) is 0.635. The summed E-state index contributed by atoms with van der Waals surface area (Å²) in [4.78, 5) is 4.53. The van der Waals surface area contributed by atoms with Crippen LogP contribution in [0.2, 0.25) is 0 Å². The molecule has 0 saturated heterocycles. The number of pyridine rings is 1. The van der Waals surface area contributed by atoms with E-state index in [0.717, 1.165) is 5.56 Å². The first-order valence-corrected chi connectivity index (χ1v) is 8.81. The van der Waals surface area contributed by atoms with E-state index < -0.39 is 10.0 Å². The number of sulfonamides is 1. The minimum absolute atomic E-state index is 0.0521. The number of nitrogens with one attached hydrogen (secondary N) is 1. The van der Waals surface area contributed by atoms with Crippen molar-refractivity contribution < 1.29 is 8.42 Å². The summed E-state index contributed by atoms with van der Waals surface area (Å²) in [7, 11) is -3.61. The normalized spacial score (nSPS) is 15.0. The molecule has 2 unspecified atom stereocenters. The van der Waals surface area contributed by atoms with Gasteiger partial charge in [-0.05, 0) is 43.5 Å². The van der Waals surface area contributed by atoms with E-state index in [4.69, 9.17) is 11.6 Å². The van der Waals surface area contributed by atoms with E-state index in [1.54, 1.807) is 30.5 Å². The molecule has 0 aliphatic heterocycles. The lowest BCUT2D eigenvalue weighted by Crippen LogP contribution is -2.37. The van der Waals surface area contributed by atoms with Crippen LogP contribution in [0.1, 0.15) is 19.4 Å². The minimum atomic E-state index is -3.61. The second kappa shape index (κ2) is 6.30. The van der Waals surface area contributed by atoms with E-state index in [1.807, 2.05) is 20.8 Å². The number of aryl methyl sites for hydroxylation is 1. The monoisotopic (exact) mass is 326 g/mol. The molecule has 0 amide bonds. The van der Waals surface area contributed by atoms with Crippen molar-refractivity contribution in [2.24, 2.45) is 5.92 Å². The van der Waals surface area contributed by atoms with Crippen molar-refractivity contribution in [1.29, 1.82) is 0 Å². The van der Waals surface area contributed by atoms with Gasteiger partial charge in [0.15, 0.2) is 0 Å². The Hall–Kier alpha value is -1.17. The van der Waals surface area contributed by atoms with Gasteiger partial charge in [-0.2, -0.15) is 0 Å². The molecule has 2 rings (SSSR count). The van der Waals surface area contributed by atoms with Crippen molar-refractivity contribution in [1.82, 2.24) is 9.71 Å². The van der Waals surface area contributed by atoms with Gasteiger partial charge in [0.25, 0.3) is 0 Å². The fraction of sp³-hybridized carbons (Fsp3) is 0.400. The lowest BCUT2D eigenvalue weighted by atomic mass is 10.1. The van der Waals surface area contributed by atoms with Crippen LogP contribution in [-0.2, 0) is 10.0 Å². The first-order chi connectivity index (χ1) is 9.86. The highest BCUT2D eigenvalue weighted by molar-refractivity contribution is 7.89. The summed E-state index contributed by atoms with van der Waals surface area (Å²) in [6, 6.07) is 6.69. The van der Waals surface area contributed by atoms with E-state index in [0.29, 0.717) is 16.8 Å². The summed E-state index contributed by atoms with van der Waals surface area (Å²) < 4.78 is 27.9. The van der Waals surface area contributed by atoms with Crippen LogP contribution in [0, 0.1) is 12.8 Å². The standard InChI is InChI=1S/C15H19ClN2O2S/c1-10-6-7-14(13-5-4-8-17-15(10)13)21(19,20)18-12(3)11(2)9-16/h4-8,11-12,18H,9H2,1-3H3. The Balaban J connectivity index is 2.48. The van der Waals surface area contributed by atoms with Crippen LogP contribution >= 0.6 is 11.6 Å². The predicted molar refractivity (Wildman–Crippen MR) is 86.1 cm³/mol.